The molecule has 0 aromatic heterocycles. The van der Waals surface area contributed by atoms with Crippen molar-refractivity contribution < 1.29 is 14.2 Å². The Morgan fingerprint density at radius 2 is 2.05 bits per heavy atom. The highest BCUT2D eigenvalue weighted by Crippen LogP contribution is 2.23. The van der Waals surface area contributed by atoms with Gasteiger partial charge in [0.2, 0.25) is 0 Å². The lowest BCUT2D eigenvalue weighted by Crippen LogP contribution is -2.27. The predicted octanol–water partition coefficient (Wildman–Crippen LogP) is 4.06. The fraction of sp³-hybridized carbons (Fsp3) is 0.667. The number of rotatable bonds is 7. The van der Waals surface area contributed by atoms with Gasteiger partial charge >= 0.3 is 0 Å². The van der Waals surface area contributed by atoms with Crippen LogP contribution in [0.3, 0.4) is 0 Å². The smallest absolute Gasteiger partial charge is 0.127 e. The Labute approximate surface area is 127 Å². The first-order valence-electron chi connectivity index (χ1n) is 8.31. The number of hydrogen-bond donors (Lipinski definition) is 0. The molecule has 3 rings (SSSR count). The zero-order valence-electron chi connectivity index (χ0n) is 13.4. The van der Waals surface area contributed by atoms with Crippen LogP contribution < -0.4 is 4.74 Å². The summed E-state index contributed by atoms with van der Waals surface area (Å²) in [5, 5.41) is 2.69. The third-order valence-corrected chi connectivity index (χ3v) is 3.89. The highest BCUT2D eigenvalue weighted by Gasteiger charge is 2.10. The molecule has 0 radical (unpaired) electrons. The van der Waals surface area contributed by atoms with Crippen molar-refractivity contribution in [2.24, 2.45) is 0 Å². The number of benzene rings is 1. The highest BCUT2D eigenvalue weighted by atomic mass is 16.6. The van der Waals surface area contributed by atoms with E-state index in [9.17, 15) is 0 Å². The summed E-state index contributed by atoms with van der Waals surface area (Å²) >= 11 is 0. The van der Waals surface area contributed by atoms with Crippen LogP contribution >= 0.6 is 0 Å². The van der Waals surface area contributed by atoms with Crippen LogP contribution in [0.1, 0.15) is 46.0 Å². The van der Waals surface area contributed by atoms with Gasteiger partial charge in [0.1, 0.15) is 5.75 Å². The molecule has 3 aliphatic rings. The molecule has 118 valence electrons. The summed E-state index contributed by atoms with van der Waals surface area (Å²) in [7, 11) is 0. The van der Waals surface area contributed by atoms with E-state index in [1.165, 1.54) is 36.1 Å². The molecule has 0 saturated carbocycles. The Kier molecular flexibility index (Phi) is 7.04. The van der Waals surface area contributed by atoms with Gasteiger partial charge in [0.05, 0.1) is 32.5 Å². The second kappa shape index (κ2) is 9.06. The molecular weight excluding hydrogens is 264 g/mol. The molecule has 0 aromatic rings. The molecule has 0 bridgehead atoms. The van der Waals surface area contributed by atoms with Crippen LogP contribution in [0.5, 0.6) is 5.75 Å². The van der Waals surface area contributed by atoms with Crippen LogP contribution in [0.4, 0.5) is 0 Å². The molecule has 1 atom stereocenters. The zero-order chi connectivity index (χ0) is 14.9. The van der Waals surface area contributed by atoms with Crippen LogP contribution in [0, 0.1) is 10.4 Å². The summed E-state index contributed by atoms with van der Waals surface area (Å²) in [5.74, 6) is 1.11. The Balaban J connectivity index is 0.000000173. The maximum atomic E-state index is 5.61. The van der Waals surface area contributed by atoms with E-state index in [4.69, 9.17) is 14.2 Å². The Bertz CT molecular complexity index is 492. The van der Waals surface area contributed by atoms with Gasteiger partial charge in [0.15, 0.2) is 0 Å². The number of ether oxygens (including phenoxy) is 3. The molecule has 1 saturated heterocycles. The van der Waals surface area contributed by atoms with Gasteiger partial charge in [0.25, 0.3) is 0 Å². The second-order valence-corrected chi connectivity index (χ2v) is 5.60. The SMILES string of the molecule is CCC1COCCO1.CCCCCCOc1cc2ccc1=2. The van der Waals surface area contributed by atoms with Gasteiger partial charge in [-0.25, -0.2) is 0 Å². The molecule has 1 aliphatic heterocycles. The lowest BCUT2D eigenvalue weighted by molar-refractivity contribution is -0.0887. The lowest BCUT2D eigenvalue weighted by atomic mass is 10.1. The van der Waals surface area contributed by atoms with E-state index in [1.54, 1.807) is 0 Å². The van der Waals surface area contributed by atoms with Crippen LogP contribution in [0.15, 0.2) is 18.2 Å². The minimum absolute atomic E-state index is 0.365. The van der Waals surface area contributed by atoms with Gasteiger partial charge < -0.3 is 14.2 Å². The highest BCUT2D eigenvalue weighted by molar-refractivity contribution is 5.38. The third kappa shape index (κ3) is 5.01. The molecule has 0 N–H and O–H groups in total. The topological polar surface area (TPSA) is 27.7 Å². The average molecular weight is 292 g/mol. The number of hydrogen-bond acceptors (Lipinski definition) is 3. The van der Waals surface area contributed by atoms with Crippen molar-refractivity contribution in [3.8, 4) is 5.75 Å². The van der Waals surface area contributed by atoms with Crippen LogP contribution in [-0.4, -0.2) is 32.5 Å². The monoisotopic (exact) mass is 292 g/mol. The Morgan fingerprint density at radius 1 is 1.14 bits per heavy atom. The van der Waals surface area contributed by atoms with Gasteiger partial charge in [-0.3, -0.25) is 0 Å². The normalized spacial score (nSPS) is 18.7. The van der Waals surface area contributed by atoms with Crippen LogP contribution in [-0.2, 0) is 9.47 Å². The zero-order valence-corrected chi connectivity index (χ0v) is 13.4. The van der Waals surface area contributed by atoms with E-state index in [2.05, 4.69) is 32.0 Å². The summed E-state index contributed by atoms with van der Waals surface area (Å²) in [5.41, 5.74) is 0. The van der Waals surface area contributed by atoms with Crippen molar-refractivity contribution in [1.29, 1.82) is 0 Å². The van der Waals surface area contributed by atoms with Crippen molar-refractivity contribution in [2.45, 2.75) is 52.1 Å². The first-order chi connectivity index (χ1) is 10.3. The Hall–Kier alpha value is -1.06. The van der Waals surface area contributed by atoms with Crippen molar-refractivity contribution in [3.63, 3.8) is 0 Å². The maximum Gasteiger partial charge on any atom is 0.127 e. The summed E-state index contributed by atoms with van der Waals surface area (Å²) in [4.78, 5) is 0. The fourth-order valence-corrected chi connectivity index (χ4v) is 2.36. The van der Waals surface area contributed by atoms with E-state index in [-0.39, 0.29) is 0 Å². The van der Waals surface area contributed by atoms with Gasteiger partial charge in [-0.05, 0) is 24.1 Å². The van der Waals surface area contributed by atoms with Crippen molar-refractivity contribution >= 4 is 0 Å². The molecule has 1 fully saturated rings. The summed E-state index contributed by atoms with van der Waals surface area (Å²) in [6.07, 6.45) is 6.55. The first-order valence-corrected chi connectivity index (χ1v) is 8.31. The van der Waals surface area contributed by atoms with E-state index in [0.29, 0.717) is 6.10 Å². The molecule has 3 heteroatoms. The standard InChI is InChI=1S/C12H16O.C6H12O2/c1-2-3-4-5-8-13-12-9-10-6-7-11(10)12;1-2-6-5-7-3-4-8-6/h6-7,9H,2-5,8H2,1H3;6H,2-5H2,1H3. The van der Waals surface area contributed by atoms with E-state index in [0.717, 1.165) is 38.6 Å². The molecule has 3 nitrogen and oxygen atoms in total. The maximum absolute atomic E-state index is 5.61. The van der Waals surface area contributed by atoms with Crippen molar-refractivity contribution in [1.82, 2.24) is 0 Å². The van der Waals surface area contributed by atoms with E-state index >= 15 is 0 Å². The minimum Gasteiger partial charge on any atom is -0.493 e. The quantitative estimate of drug-likeness (QED) is 0.720. The minimum atomic E-state index is 0.365. The fourth-order valence-electron chi connectivity index (χ4n) is 2.36. The first kappa shape index (κ1) is 16.3. The molecule has 2 aliphatic carbocycles. The van der Waals surface area contributed by atoms with Crippen LogP contribution in [0.2, 0.25) is 0 Å². The number of unbranched alkanes of at least 4 members (excludes halogenated alkanes) is 3. The molecule has 0 amide bonds. The third-order valence-electron chi connectivity index (χ3n) is 3.89. The van der Waals surface area contributed by atoms with Gasteiger partial charge in [-0.1, -0.05) is 45.2 Å². The second-order valence-electron chi connectivity index (χ2n) is 5.60. The molecule has 21 heavy (non-hydrogen) atoms. The molecule has 0 spiro atoms. The van der Waals surface area contributed by atoms with E-state index in [1.807, 2.05) is 0 Å². The predicted molar refractivity (Wildman–Crippen MR) is 84.6 cm³/mol. The summed E-state index contributed by atoms with van der Waals surface area (Å²) in [6.45, 7) is 7.56. The van der Waals surface area contributed by atoms with E-state index < -0.39 is 0 Å². The van der Waals surface area contributed by atoms with Crippen molar-refractivity contribution in [3.05, 3.63) is 28.6 Å². The lowest BCUT2D eigenvalue weighted by Gasteiger charge is -2.20. The Morgan fingerprint density at radius 3 is 2.52 bits per heavy atom. The summed E-state index contributed by atoms with van der Waals surface area (Å²) in [6, 6.07) is 6.37. The molecule has 1 unspecified atom stereocenters. The van der Waals surface area contributed by atoms with Gasteiger partial charge in [-0.15, -0.1) is 0 Å². The van der Waals surface area contributed by atoms with Crippen LogP contribution in [0.25, 0.3) is 0 Å². The molecule has 1 heterocycles. The van der Waals surface area contributed by atoms with Crippen molar-refractivity contribution in [2.75, 3.05) is 26.4 Å². The molecule has 0 aromatic carbocycles. The largest absolute Gasteiger partial charge is 0.493 e. The van der Waals surface area contributed by atoms with Gasteiger partial charge in [-0.2, -0.15) is 0 Å². The van der Waals surface area contributed by atoms with Gasteiger partial charge in [0, 0.05) is 5.22 Å². The summed E-state index contributed by atoms with van der Waals surface area (Å²) < 4.78 is 16.1. The average Bonchev–Trinajstić information content (AvgIpc) is 2.52. The molecular formula is C18H28O3.